The van der Waals surface area contributed by atoms with Crippen LogP contribution in [0.5, 0.6) is 0 Å². The van der Waals surface area contributed by atoms with Gasteiger partial charge in [0.15, 0.2) is 5.16 Å². The molecule has 32 heavy (non-hydrogen) atoms. The van der Waals surface area contributed by atoms with Crippen LogP contribution in [0.2, 0.25) is 0 Å². The first-order valence-electron chi connectivity index (χ1n) is 10.2. The molecule has 0 saturated heterocycles. The molecule has 3 rings (SSSR count). The molecule has 0 spiro atoms. The van der Waals surface area contributed by atoms with Gasteiger partial charge in [-0.3, -0.25) is 14.2 Å². The Balaban J connectivity index is 1.85. The van der Waals surface area contributed by atoms with Gasteiger partial charge in [-0.25, -0.2) is 18.5 Å². The zero-order valence-electron chi connectivity index (χ0n) is 17.9. The quantitative estimate of drug-likeness (QED) is 0.362. The zero-order chi connectivity index (χ0) is 23.3. The maximum absolute atomic E-state index is 13.1. The third-order valence-corrected chi connectivity index (χ3v) is 6.96. The standard InChI is InChI=1S/C22H26N4O4S2/c1-3-15(2)24-20(27)14-31-22-25-19-7-5-4-6-18(19)21(28)26(22)13-12-16-8-10-17(11-9-16)32(23,29)30/h4-11,15H,3,12-14H2,1-2H3,(H,24,27)(H2,23,29,30). The molecule has 1 unspecified atom stereocenters. The fourth-order valence-corrected chi connectivity index (χ4v) is 4.44. The molecule has 0 radical (unpaired) electrons. The van der Waals surface area contributed by atoms with Gasteiger partial charge in [0, 0.05) is 12.6 Å². The second kappa shape index (κ2) is 10.3. The summed E-state index contributed by atoms with van der Waals surface area (Å²) in [4.78, 5) is 30.0. The van der Waals surface area contributed by atoms with Gasteiger partial charge in [-0.05, 0) is 49.6 Å². The maximum Gasteiger partial charge on any atom is 0.262 e. The van der Waals surface area contributed by atoms with Crippen LogP contribution in [0.15, 0.2) is 63.4 Å². The second-order valence-corrected chi connectivity index (χ2v) is 9.98. The van der Waals surface area contributed by atoms with E-state index < -0.39 is 10.0 Å². The van der Waals surface area contributed by atoms with Crippen LogP contribution in [0, 0.1) is 0 Å². The van der Waals surface area contributed by atoms with Crippen LogP contribution in [-0.2, 0) is 27.8 Å². The molecule has 0 bridgehead atoms. The van der Waals surface area contributed by atoms with Crippen LogP contribution in [-0.4, -0.2) is 35.7 Å². The largest absolute Gasteiger partial charge is 0.353 e. The molecular formula is C22H26N4O4S2. The zero-order valence-corrected chi connectivity index (χ0v) is 19.6. The van der Waals surface area contributed by atoms with E-state index in [1.807, 2.05) is 19.9 Å². The first-order chi connectivity index (χ1) is 15.2. The van der Waals surface area contributed by atoms with Gasteiger partial charge in [0.2, 0.25) is 15.9 Å². The number of fused-ring (bicyclic) bond motifs is 1. The fraction of sp³-hybridized carbons (Fsp3) is 0.318. The Morgan fingerprint density at radius 3 is 2.53 bits per heavy atom. The number of carbonyl (C=O) groups excluding carboxylic acids is 1. The summed E-state index contributed by atoms with van der Waals surface area (Å²) in [5.74, 6) is 0.0370. The van der Waals surface area contributed by atoms with E-state index in [0.29, 0.717) is 29.0 Å². The van der Waals surface area contributed by atoms with Gasteiger partial charge in [-0.1, -0.05) is 43.0 Å². The van der Waals surface area contributed by atoms with Gasteiger partial charge in [0.25, 0.3) is 5.56 Å². The Morgan fingerprint density at radius 2 is 1.88 bits per heavy atom. The number of primary sulfonamides is 1. The van der Waals surface area contributed by atoms with Crippen molar-refractivity contribution in [2.45, 2.75) is 49.3 Å². The first kappa shape index (κ1) is 24.0. The van der Waals surface area contributed by atoms with E-state index in [0.717, 1.165) is 12.0 Å². The van der Waals surface area contributed by atoms with Crippen molar-refractivity contribution in [2.24, 2.45) is 5.14 Å². The number of aryl methyl sites for hydroxylation is 1. The van der Waals surface area contributed by atoms with Crippen molar-refractivity contribution < 1.29 is 13.2 Å². The van der Waals surface area contributed by atoms with Crippen LogP contribution >= 0.6 is 11.8 Å². The Morgan fingerprint density at radius 1 is 1.19 bits per heavy atom. The van der Waals surface area contributed by atoms with Crippen molar-refractivity contribution >= 4 is 38.6 Å². The molecule has 3 N–H and O–H groups in total. The SMILES string of the molecule is CCC(C)NC(=O)CSc1nc2ccccc2c(=O)n1CCc1ccc(S(N)(=O)=O)cc1. The number of benzene rings is 2. The van der Waals surface area contributed by atoms with E-state index in [1.54, 1.807) is 34.9 Å². The molecule has 1 aromatic heterocycles. The summed E-state index contributed by atoms with van der Waals surface area (Å²) in [7, 11) is -3.76. The molecule has 0 aliphatic carbocycles. The molecule has 0 fully saturated rings. The minimum atomic E-state index is -3.76. The molecule has 1 heterocycles. The van der Waals surface area contributed by atoms with Crippen molar-refractivity contribution in [3.8, 4) is 0 Å². The number of hydrogen-bond donors (Lipinski definition) is 2. The number of para-hydroxylation sites is 1. The molecular weight excluding hydrogens is 448 g/mol. The molecule has 0 saturated carbocycles. The Hall–Kier alpha value is -2.69. The monoisotopic (exact) mass is 474 g/mol. The summed E-state index contributed by atoms with van der Waals surface area (Å²) in [5.41, 5.74) is 1.25. The summed E-state index contributed by atoms with van der Waals surface area (Å²) in [6.07, 6.45) is 1.32. The van der Waals surface area contributed by atoms with E-state index in [-0.39, 0.29) is 28.2 Å². The van der Waals surface area contributed by atoms with Gasteiger partial charge in [0.05, 0.1) is 21.6 Å². The Bertz CT molecular complexity index is 1270. The van der Waals surface area contributed by atoms with Crippen LogP contribution < -0.4 is 16.0 Å². The van der Waals surface area contributed by atoms with Crippen LogP contribution in [0.4, 0.5) is 0 Å². The lowest BCUT2D eigenvalue weighted by Crippen LogP contribution is -2.33. The lowest BCUT2D eigenvalue weighted by Gasteiger charge is -2.14. The van der Waals surface area contributed by atoms with E-state index in [1.165, 1.54) is 23.9 Å². The Kier molecular flexibility index (Phi) is 7.70. The molecule has 10 heteroatoms. The average molecular weight is 475 g/mol. The number of sulfonamides is 1. The highest BCUT2D eigenvalue weighted by Crippen LogP contribution is 2.19. The maximum atomic E-state index is 13.1. The molecule has 8 nitrogen and oxygen atoms in total. The minimum Gasteiger partial charge on any atom is -0.353 e. The summed E-state index contributed by atoms with van der Waals surface area (Å²) >= 11 is 1.22. The lowest BCUT2D eigenvalue weighted by atomic mass is 10.1. The van der Waals surface area contributed by atoms with Crippen molar-refractivity contribution in [3.63, 3.8) is 0 Å². The highest BCUT2D eigenvalue weighted by atomic mass is 32.2. The Labute approximate surface area is 191 Å². The van der Waals surface area contributed by atoms with Gasteiger partial charge in [-0.2, -0.15) is 0 Å². The molecule has 1 amide bonds. The molecule has 2 aromatic carbocycles. The highest BCUT2D eigenvalue weighted by molar-refractivity contribution is 7.99. The van der Waals surface area contributed by atoms with Gasteiger partial charge in [-0.15, -0.1) is 0 Å². The number of aromatic nitrogens is 2. The van der Waals surface area contributed by atoms with Crippen molar-refractivity contribution in [3.05, 3.63) is 64.4 Å². The topological polar surface area (TPSA) is 124 Å². The van der Waals surface area contributed by atoms with Crippen LogP contribution in [0.25, 0.3) is 10.9 Å². The van der Waals surface area contributed by atoms with Gasteiger partial charge < -0.3 is 5.32 Å². The van der Waals surface area contributed by atoms with E-state index in [9.17, 15) is 18.0 Å². The molecule has 3 aromatic rings. The van der Waals surface area contributed by atoms with Gasteiger partial charge >= 0.3 is 0 Å². The number of nitrogens with two attached hydrogens (primary N) is 1. The smallest absolute Gasteiger partial charge is 0.262 e. The summed E-state index contributed by atoms with van der Waals surface area (Å²) in [6.45, 7) is 4.27. The number of amides is 1. The number of thioether (sulfide) groups is 1. The van der Waals surface area contributed by atoms with E-state index in [2.05, 4.69) is 10.3 Å². The van der Waals surface area contributed by atoms with Crippen LogP contribution in [0.3, 0.4) is 0 Å². The van der Waals surface area contributed by atoms with Crippen LogP contribution in [0.1, 0.15) is 25.8 Å². The van der Waals surface area contributed by atoms with Crippen molar-refractivity contribution in [2.75, 3.05) is 5.75 Å². The lowest BCUT2D eigenvalue weighted by molar-refractivity contribution is -0.119. The number of rotatable bonds is 9. The predicted molar refractivity (Wildman–Crippen MR) is 126 cm³/mol. The van der Waals surface area contributed by atoms with Gasteiger partial charge in [0.1, 0.15) is 0 Å². The minimum absolute atomic E-state index is 0.0364. The molecule has 170 valence electrons. The second-order valence-electron chi connectivity index (χ2n) is 7.47. The van der Waals surface area contributed by atoms with E-state index >= 15 is 0 Å². The summed E-state index contributed by atoms with van der Waals surface area (Å²) in [6, 6.07) is 13.4. The summed E-state index contributed by atoms with van der Waals surface area (Å²) in [5, 5.41) is 9.03. The first-order valence-corrected chi connectivity index (χ1v) is 12.8. The van der Waals surface area contributed by atoms with Crippen molar-refractivity contribution in [1.29, 1.82) is 0 Å². The fourth-order valence-electron chi connectivity index (χ4n) is 3.09. The molecule has 0 aliphatic heterocycles. The average Bonchev–Trinajstić information content (AvgIpc) is 2.76. The van der Waals surface area contributed by atoms with E-state index in [4.69, 9.17) is 5.14 Å². The third-order valence-electron chi connectivity index (χ3n) is 5.05. The number of nitrogens with zero attached hydrogens (tertiary/aromatic N) is 2. The molecule has 1 atom stereocenters. The normalized spacial score (nSPS) is 12.6. The highest BCUT2D eigenvalue weighted by Gasteiger charge is 2.14. The number of hydrogen-bond acceptors (Lipinski definition) is 6. The predicted octanol–water partition coefficient (Wildman–Crippen LogP) is 2.29. The molecule has 0 aliphatic rings. The summed E-state index contributed by atoms with van der Waals surface area (Å²) < 4.78 is 24.4. The van der Waals surface area contributed by atoms with Crippen molar-refractivity contribution in [1.82, 2.24) is 14.9 Å². The number of nitrogens with one attached hydrogen (secondary N) is 1. The number of carbonyl (C=O) groups is 1. The third kappa shape index (κ3) is 5.96.